The molecule has 2 rings (SSSR count). The number of hydrogen-bond acceptors (Lipinski definition) is 7. The summed E-state index contributed by atoms with van der Waals surface area (Å²) in [5.74, 6) is -2.18. The van der Waals surface area contributed by atoms with Crippen molar-refractivity contribution in [3.63, 3.8) is 0 Å². The van der Waals surface area contributed by atoms with Crippen molar-refractivity contribution in [2.75, 3.05) is 0 Å². The fourth-order valence-corrected chi connectivity index (χ4v) is 2.91. The van der Waals surface area contributed by atoms with Crippen molar-refractivity contribution in [3.05, 3.63) is 84.9 Å². The minimum absolute atomic E-state index is 0.0495. The molecule has 0 aliphatic carbocycles. The van der Waals surface area contributed by atoms with Crippen LogP contribution in [-0.2, 0) is 0 Å². The first-order valence-corrected chi connectivity index (χ1v) is 11.4. The molecule has 0 saturated heterocycles. The van der Waals surface area contributed by atoms with Crippen molar-refractivity contribution < 1.29 is 20.1 Å². The van der Waals surface area contributed by atoms with Crippen LogP contribution >= 0.6 is 0 Å². The molecule has 0 spiro atoms. The fraction of sp³-hybridized carbons (Fsp3) is 0. The molecule has 136 valence electrons. The molecular weight excluding hydrogens is 555 g/mol. The number of carbonyl (C=O) groups is 1. The molecule has 2 aromatic rings. The molecule has 0 amide bonds. The van der Waals surface area contributed by atoms with Crippen molar-refractivity contribution in [1.82, 2.24) is 0 Å². The van der Waals surface area contributed by atoms with Gasteiger partial charge in [0.05, 0.1) is 5.56 Å². The summed E-state index contributed by atoms with van der Waals surface area (Å²) in [6.45, 7) is 0. The molecule has 0 heterocycles. The third-order valence-electron chi connectivity index (χ3n) is 2.77. The van der Waals surface area contributed by atoms with E-state index in [4.69, 9.17) is 21.7 Å². The predicted octanol–water partition coefficient (Wildman–Crippen LogP) is 3.94. The number of rotatable bonds is 5. The van der Waals surface area contributed by atoms with Gasteiger partial charge in [-0.15, -0.1) is 0 Å². The maximum absolute atomic E-state index is 12.0. The van der Waals surface area contributed by atoms with Gasteiger partial charge < -0.3 is 15.3 Å². The number of ketones is 1. The third-order valence-corrected chi connectivity index (χ3v) is 5.57. The maximum atomic E-state index is 12.0. The molecule has 27 heavy (non-hydrogen) atoms. The van der Waals surface area contributed by atoms with Gasteiger partial charge in [-0.05, 0) is 12.1 Å². The van der Waals surface area contributed by atoms with Crippen LogP contribution in [0.5, 0.6) is 17.2 Å². The second kappa shape index (κ2) is 11.0. The minimum atomic E-state index is -3.20. The van der Waals surface area contributed by atoms with Gasteiger partial charge in [0.2, 0.25) is 5.75 Å². The molecule has 0 radical (unpaired) electrons. The van der Waals surface area contributed by atoms with E-state index in [0.717, 1.165) is 6.07 Å². The SMILES string of the molecule is O=C(c1ccccc1)c1ccc(O)c(O)c1O.[N-]=[N+]=[N][Bi]([N]=[N+]=[N-])[N]=[N+]=[N-]. The zero-order chi connectivity index (χ0) is 20.2. The van der Waals surface area contributed by atoms with Crippen molar-refractivity contribution in [2.24, 2.45) is 9.17 Å². The average molecular weight is 565 g/mol. The monoisotopic (exact) mass is 565 g/mol. The van der Waals surface area contributed by atoms with E-state index in [1.54, 1.807) is 30.3 Å². The van der Waals surface area contributed by atoms with Crippen LogP contribution in [0.2, 0.25) is 0 Å². The molecule has 2 aromatic carbocycles. The summed E-state index contributed by atoms with van der Waals surface area (Å²) in [5, 5.41) is 28.1. The van der Waals surface area contributed by atoms with Gasteiger partial charge in [0.15, 0.2) is 17.3 Å². The summed E-state index contributed by atoms with van der Waals surface area (Å²) < 4.78 is 9.14. The van der Waals surface area contributed by atoms with Gasteiger partial charge in [0.1, 0.15) is 0 Å². The molecular formula is C13H10BiN9O4. The molecule has 0 bridgehead atoms. The quantitative estimate of drug-likeness (QED) is 0.122. The summed E-state index contributed by atoms with van der Waals surface area (Å²) >= 11 is -3.20. The standard InChI is InChI=1S/C13H10O4.Bi.3N3/c14-10-7-6-9(12(16)13(10)17)11(15)8-4-2-1-3-5-8;;3*1-3-2/h1-7,14,16-17H;;;;/q;+3;3*-1. The van der Waals surface area contributed by atoms with Crippen LogP contribution in [0.1, 0.15) is 15.9 Å². The van der Waals surface area contributed by atoms with Crippen molar-refractivity contribution in [3.8, 4) is 17.2 Å². The Kier molecular flexibility index (Phi) is 8.74. The molecule has 0 aromatic heterocycles. The topological polar surface area (TPSA) is 224 Å². The summed E-state index contributed by atoms with van der Waals surface area (Å²) in [4.78, 5) is 19.1. The summed E-state index contributed by atoms with van der Waals surface area (Å²) in [7, 11) is 0. The molecule has 0 aliphatic heterocycles. The first-order chi connectivity index (χ1) is 13.0. The number of azide groups is 1. The van der Waals surface area contributed by atoms with Crippen LogP contribution < -0.4 is 0 Å². The van der Waals surface area contributed by atoms with E-state index in [1.807, 2.05) is 0 Å². The molecule has 0 fully saturated rings. The number of carbonyl (C=O) groups excluding carboxylic acids is 1. The normalized spacial score (nSPS) is 8.93. The number of benzene rings is 2. The first-order valence-electron chi connectivity index (χ1n) is 6.75. The van der Waals surface area contributed by atoms with Crippen LogP contribution in [0.25, 0.3) is 31.3 Å². The summed E-state index contributed by atoms with van der Waals surface area (Å²) in [6, 6.07) is 10.8. The molecule has 14 heteroatoms. The number of hydrogen-bond donors (Lipinski definition) is 3. The van der Waals surface area contributed by atoms with Crippen LogP contribution in [0.3, 0.4) is 0 Å². The number of aromatic hydroxyl groups is 3. The van der Waals surface area contributed by atoms with Crippen LogP contribution in [0, 0.1) is 0 Å². The van der Waals surface area contributed by atoms with E-state index < -0.39 is 45.7 Å². The predicted molar refractivity (Wildman–Crippen MR) is 94.5 cm³/mol. The Labute approximate surface area is 159 Å². The summed E-state index contributed by atoms with van der Waals surface area (Å²) in [5.41, 5.74) is 23.8. The van der Waals surface area contributed by atoms with Crippen LogP contribution in [0.15, 0.2) is 51.6 Å². The third kappa shape index (κ3) is 6.28. The van der Waals surface area contributed by atoms with E-state index in [0.29, 0.717) is 5.56 Å². The Balaban J connectivity index is 0.000000314. The zero-order valence-electron chi connectivity index (χ0n) is 13.3. The van der Waals surface area contributed by atoms with Gasteiger partial charge in [-0.1, -0.05) is 30.3 Å². The van der Waals surface area contributed by atoms with Crippen molar-refractivity contribution >= 4 is 28.4 Å². The van der Waals surface area contributed by atoms with E-state index in [9.17, 15) is 15.0 Å². The van der Waals surface area contributed by atoms with Gasteiger partial charge >= 0.3 is 63.1 Å². The second-order valence-corrected chi connectivity index (χ2v) is 8.50. The number of phenols is 3. The number of phenolic OH excluding ortho intramolecular Hbond substituents is 3. The van der Waals surface area contributed by atoms with Crippen LogP contribution in [0.4, 0.5) is 0 Å². The van der Waals surface area contributed by atoms with Gasteiger partial charge in [0, 0.05) is 5.56 Å². The fourth-order valence-electron chi connectivity index (χ4n) is 1.66. The first kappa shape index (κ1) is 21.4. The zero-order valence-corrected chi connectivity index (χ0v) is 16.7. The average Bonchev–Trinajstić information content (AvgIpc) is 2.68. The Hall–Kier alpha value is -3.68. The summed E-state index contributed by atoms with van der Waals surface area (Å²) in [6.07, 6.45) is 0. The molecule has 0 unspecified atom stereocenters. The van der Waals surface area contributed by atoms with E-state index in [-0.39, 0.29) is 5.56 Å². The van der Waals surface area contributed by atoms with Gasteiger partial charge in [-0.25, -0.2) is 0 Å². The molecule has 13 nitrogen and oxygen atoms in total. The molecule has 3 N–H and O–H groups in total. The van der Waals surface area contributed by atoms with E-state index in [1.165, 1.54) is 6.07 Å². The Morgan fingerprint density at radius 2 is 1.33 bits per heavy atom. The molecule has 0 aliphatic rings. The van der Waals surface area contributed by atoms with Crippen molar-refractivity contribution in [2.45, 2.75) is 0 Å². The Morgan fingerprint density at radius 1 is 0.815 bits per heavy atom. The van der Waals surface area contributed by atoms with Gasteiger partial charge in [-0.3, -0.25) is 4.79 Å². The molecule has 0 saturated carbocycles. The Bertz CT molecular complexity index is 922. The Morgan fingerprint density at radius 3 is 1.81 bits per heavy atom. The van der Waals surface area contributed by atoms with E-state index in [2.05, 4.69) is 23.9 Å². The second-order valence-electron chi connectivity index (χ2n) is 4.33. The van der Waals surface area contributed by atoms with Crippen LogP contribution in [-0.4, -0.2) is 43.7 Å². The molecule has 0 atom stereocenters. The van der Waals surface area contributed by atoms with Gasteiger partial charge in [0.25, 0.3) is 0 Å². The van der Waals surface area contributed by atoms with Crippen molar-refractivity contribution in [1.29, 1.82) is 0 Å². The number of nitrogens with zero attached hydrogens (tertiary/aromatic N) is 9. The van der Waals surface area contributed by atoms with E-state index >= 15 is 0 Å². The van der Waals surface area contributed by atoms with Gasteiger partial charge in [-0.2, -0.15) is 0 Å².